The van der Waals surface area contributed by atoms with Gasteiger partial charge in [-0.25, -0.2) is 0 Å². The summed E-state index contributed by atoms with van der Waals surface area (Å²) in [6.07, 6.45) is 0.947. The van der Waals surface area contributed by atoms with Crippen LogP contribution in [0.4, 0.5) is 5.69 Å². The van der Waals surface area contributed by atoms with E-state index in [2.05, 4.69) is 26.9 Å². The Kier molecular flexibility index (Phi) is 9.49. The number of nitrogens with one attached hydrogen (secondary N) is 1. The summed E-state index contributed by atoms with van der Waals surface area (Å²) in [4.78, 5) is 19.3. The van der Waals surface area contributed by atoms with Gasteiger partial charge < -0.3 is 19.4 Å². The average molecular weight is 466 g/mol. The minimum Gasteiger partial charge on any atom is -0.495 e. The third kappa shape index (κ3) is 6.06. The number of aromatic nitrogens is 1. The minimum atomic E-state index is -0.110. The number of methoxy groups -OCH3 is 1. The summed E-state index contributed by atoms with van der Waals surface area (Å²) >= 11 is 0. The number of fused-ring (bicyclic) bond motifs is 1. The molecule has 0 unspecified atom stereocenters. The van der Waals surface area contributed by atoms with Crippen molar-refractivity contribution >= 4 is 41.4 Å². The van der Waals surface area contributed by atoms with Crippen molar-refractivity contribution in [2.75, 3.05) is 51.3 Å². The number of halogens is 2. The number of piperazine rings is 1. The number of nitrogens with zero attached hydrogens (tertiary/aromatic N) is 2. The van der Waals surface area contributed by atoms with Gasteiger partial charge in [-0.3, -0.25) is 9.69 Å². The van der Waals surface area contributed by atoms with Crippen LogP contribution in [0.3, 0.4) is 0 Å². The van der Waals surface area contributed by atoms with Crippen molar-refractivity contribution in [3.8, 4) is 11.5 Å². The Labute approximate surface area is 195 Å². The summed E-state index contributed by atoms with van der Waals surface area (Å²) < 4.78 is 11.5. The summed E-state index contributed by atoms with van der Waals surface area (Å²) in [5.74, 6) is 1.67. The van der Waals surface area contributed by atoms with E-state index in [1.807, 2.05) is 36.4 Å². The van der Waals surface area contributed by atoms with Crippen LogP contribution < -0.4 is 19.9 Å². The number of para-hydroxylation sites is 3. The molecular formula is C23H29Cl2N3O3. The smallest absolute Gasteiger partial charge is 0.248 e. The van der Waals surface area contributed by atoms with Crippen molar-refractivity contribution in [2.24, 2.45) is 0 Å². The Morgan fingerprint density at radius 3 is 2.42 bits per heavy atom. The molecule has 1 fully saturated rings. The number of hydrogen-bond donors (Lipinski definition) is 1. The second-order valence-electron chi connectivity index (χ2n) is 7.25. The van der Waals surface area contributed by atoms with Gasteiger partial charge in [0.2, 0.25) is 5.56 Å². The Balaban J connectivity index is 0.00000171. The van der Waals surface area contributed by atoms with E-state index in [1.54, 1.807) is 7.11 Å². The Morgan fingerprint density at radius 1 is 0.903 bits per heavy atom. The van der Waals surface area contributed by atoms with E-state index < -0.39 is 0 Å². The largest absolute Gasteiger partial charge is 0.495 e. The first-order valence-corrected chi connectivity index (χ1v) is 10.1. The van der Waals surface area contributed by atoms with E-state index in [-0.39, 0.29) is 30.4 Å². The molecule has 4 rings (SSSR count). The molecule has 2 aromatic carbocycles. The normalized spacial score (nSPS) is 13.9. The fraction of sp³-hybridized carbons (Fsp3) is 0.348. The van der Waals surface area contributed by atoms with Gasteiger partial charge in [0.05, 0.1) is 24.9 Å². The molecule has 1 N–H and O–H groups in total. The molecule has 1 aliphatic rings. The zero-order valence-corrected chi connectivity index (χ0v) is 19.2. The molecule has 1 saturated heterocycles. The van der Waals surface area contributed by atoms with Crippen molar-refractivity contribution in [1.29, 1.82) is 0 Å². The monoisotopic (exact) mass is 465 g/mol. The van der Waals surface area contributed by atoms with Crippen molar-refractivity contribution < 1.29 is 9.47 Å². The zero-order valence-electron chi connectivity index (χ0n) is 17.6. The van der Waals surface area contributed by atoms with E-state index >= 15 is 0 Å². The van der Waals surface area contributed by atoms with E-state index in [0.717, 1.165) is 61.5 Å². The lowest BCUT2D eigenvalue weighted by Crippen LogP contribution is -2.46. The van der Waals surface area contributed by atoms with E-state index in [9.17, 15) is 4.79 Å². The molecule has 8 heteroatoms. The molecule has 0 amide bonds. The van der Waals surface area contributed by atoms with Crippen LogP contribution in [0.2, 0.25) is 0 Å². The molecule has 0 radical (unpaired) electrons. The molecule has 0 atom stereocenters. The molecule has 0 saturated carbocycles. The molecule has 168 valence electrons. The maximum absolute atomic E-state index is 11.6. The van der Waals surface area contributed by atoms with E-state index in [1.165, 1.54) is 11.8 Å². The van der Waals surface area contributed by atoms with Crippen molar-refractivity contribution in [3.63, 3.8) is 0 Å². The van der Waals surface area contributed by atoms with Crippen LogP contribution in [0.1, 0.15) is 6.42 Å². The number of aromatic amines is 1. The highest BCUT2D eigenvalue weighted by molar-refractivity contribution is 5.85. The summed E-state index contributed by atoms with van der Waals surface area (Å²) in [6.45, 7) is 5.67. The summed E-state index contributed by atoms with van der Waals surface area (Å²) in [5, 5.41) is 0.981. The van der Waals surface area contributed by atoms with Gasteiger partial charge in [-0.15, -0.1) is 24.8 Å². The number of hydrogen-bond acceptors (Lipinski definition) is 5. The van der Waals surface area contributed by atoms with Gasteiger partial charge in [0, 0.05) is 44.2 Å². The Hall–Kier alpha value is -2.41. The lowest BCUT2D eigenvalue weighted by Gasteiger charge is -2.36. The number of pyridine rings is 1. The topological polar surface area (TPSA) is 57.8 Å². The lowest BCUT2D eigenvalue weighted by molar-refractivity contribution is 0.225. The van der Waals surface area contributed by atoms with E-state index in [0.29, 0.717) is 6.61 Å². The molecule has 6 nitrogen and oxygen atoms in total. The number of ether oxygens (including phenoxy) is 2. The van der Waals surface area contributed by atoms with Gasteiger partial charge in [0.15, 0.2) is 0 Å². The SMILES string of the molecule is COc1ccccc1N1CCN(CCCOc2cccc3ccc(=O)[nH]c23)CC1.Cl.Cl. The molecule has 3 aromatic rings. The molecular weight excluding hydrogens is 437 g/mol. The maximum Gasteiger partial charge on any atom is 0.248 e. The number of rotatable bonds is 7. The van der Waals surface area contributed by atoms with Gasteiger partial charge in [-0.05, 0) is 30.7 Å². The lowest BCUT2D eigenvalue weighted by atomic mass is 10.2. The molecule has 31 heavy (non-hydrogen) atoms. The van der Waals surface area contributed by atoms with Crippen molar-refractivity contribution in [2.45, 2.75) is 6.42 Å². The van der Waals surface area contributed by atoms with Crippen LogP contribution in [-0.2, 0) is 0 Å². The van der Waals surface area contributed by atoms with Crippen LogP contribution >= 0.6 is 24.8 Å². The zero-order chi connectivity index (χ0) is 20.1. The van der Waals surface area contributed by atoms with Gasteiger partial charge in [0.25, 0.3) is 0 Å². The van der Waals surface area contributed by atoms with Gasteiger partial charge in [-0.1, -0.05) is 24.3 Å². The molecule has 1 aromatic heterocycles. The summed E-state index contributed by atoms with van der Waals surface area (Å²) in [6, 6.07) is 17.4. The number of anilines is 1. The van der Waals surface area contributed by atoms with Crippen molar-refractivity contribution in [3.05, 3.63) is 65.0 Å². The molecule has 0 bridgehead atoms. The minimum absolute atomic E-state index is 0. The van der Waals surface area contributed by atoms with Crippen LogP contribution in [0, 0.1) is 0 Å². The highest BCUT2D eigenvalue weighted by Crippen LogP contribution is 2.28. The maximum atomic E-state index is 11.6. The highest BCUT2D eigenvalue weighted by Gasteiger charge is 2.19. The highest BCUT2D eigenvalue weighted by atomic mass is 35.5. The average Bonchev–Trinajstić information content (AvgIpc) is 2.77. The van der Waals surface area contributed by atoms with Crippen LogP contribution in [0.15, 0.2) is 59.4 Å². The number of H-pyrrole nitrogens is 1. The first-order chi connectivity index (χ1) is 14.2. The number of benzene rings is 2. The summed E-state index contributed by atoms with van der Waals surface area (Å²) in [7, 11) is 1.72. The van der Waals surface area contributed by atoms with Gasteiger partial charge in [-0.2, -0.15) is 0 Å². The van der Waals surface area contributed by atoms with Crippen LogP contribution in [0.5, 0.6) is 11.5 Å². The Morgan fingerprint density at radius 2 is 1.65 bits per heavy atom. The third-order valence-electron chi connectivity index (χ3n) is 5.40. The second-order valence-corrected chi connectivity index (χ2v) is 7.25. The predicted molar refractivity (Wildman–Crippen MR) is 131 cm³/mol. The van der Waals surface area contributed by atoms with Crippen LogP contribution in [-0.4, -0.2) is 56.3 Å². The molecule has 0 spiro atoms. The third-order valence-corrected chi connectivity index (χ3v) is 5.40. The summed E-state index contributed by atoms with van der Waals surface area (Å²) in [5.41, 5.74) is 1.83. The first-order valence-electron chi connectivity index (χ1n) is 10.1. The standard InChI is InChI=1S/C23H27N3O3.2ClH/c1-28-20-8-3-2-7-19(20)26-15-13-25(14-16-26)12-5-17-29-21-9-4-6-18-10-11-22(27)24-23(18)21;;/h2-4,6-11H,5,12-17H2,1H3,(H,24,27);2*1H. The van der Waals surface area contributed by atoms with Crippen molar-refractivity contribution in [1.82, 2.24) is 9.88 Å². The van der Waals surface area contributed by atoms with E-state index in [4.69, 9.17) is 9.47 Å². The quantitative estimate of drug-likeness (QED) is 0.534. The fourth-order valence-corrected chi connectivity index (χ4v) is 3.85. The van der Waals surface area contributed by atoms with Gasteiger partial charge in [0.1, 0.15) is 11.5 Å². The molecule has 1 aliphatic heterocycles. The van der Waals surface area contributed by atoms with Gasteiger partial charge >= 0.3 is 0 Å². The fourth-order valence-electron chi connectivity index (χ4n) is 3.85. The molecule has 0 aliphatic carbocycles. The molecule has 2 heterocycles. The van der Waals surface area contributed by atoms with Crippen LogP contribution in [0.25, 0.3) is 10.9 Å². The second kappa shape index (κ2) is 11.8. The Bertz CT molecular complexity index is 1020. The predicted octanol–water partition coefficient (Wildman–Crippen LogP) is 3.97. The first kappa shape index (κ1) is 24.9.